The maximum absolute atomic E-state index is 12.6. The number of halogens is 1. The molecule has 0 unspecified atom stereocenters. The summed E-state index contributed by atoms with van der Waals surface area (Å²) in [6, 6.07) is 7.31. The van der Waals surface area contributed by atoms with Gasteiger partial charge in [-0.3, -0.25) is 4.79 Å². The predicted octanol–water partition coefficient (Wildman–Crippen LogP) is 4.49. The zero-order chi connectivity index (χ0) is 23.5. The number of amides is 1. The molecule has 0 spiro atoms. The average molecular weight is 468 g/mol. The molecule has 2 rings (SSSR count). The van der Waals surface area contributed by atoms with Crippen LogP contribution in [0.5, 0.6) is 5.75 Å². The van der Waals surface area contributed by atoms with Gasteiger partial charge in [-0.15, -0.1) is 0 Å². The van der Waals surface area contributed by atoms with Crippen LogP contribution in [-0.4, -0.2) is 38.3 Å². The molecule has 0 heterocycles. The Bertz CT molecular complexity index is 1110. The van der Waals surface area contributed by atoms with Gasteiger partial charge in [0.05, 0.1) is 15.6 Å². The van der Waals surface area contributed by atoms with Crippen LogP contribution >= 0.6 is 11.6 Å². The molecule has 0 aliphatic carbocycles. The summed E-state index contributed by atoms with van der Waals surface area (Å²) >= 11 is 6.01. The van der Waals surface area contributed by atoms with Gasteiger partial charge in [-0.1, -0.05) is 45.4 Å². The zero-order valence-corrected chi connectivity index (χ0v) is 19.6. The number of esters is 1. The van der Waals surface area contributed by atoms with Crippen LogP contribution < -0.4 is 5.32 Å². The van der Waals surface area contributed by atoms with E-state index in [9.17, 15) is 23.1 Å². The number of carbonyl (C=O) groups excluding carboxylic acids is 2. The van der Waals surface area contributed by atoms with Crippen molar-refractivity contribution in [3.63, 3.8) is 0 Å². The maximum Gasteiger partial charge on any atom is 0.342 e. The number of phenolic OH excluding ortho intramolecular Hbond substituents is 1. The van der Waals surface area contributed by atoms with Crippen molar-refractivity contribution in [1.82, 2.24) is 0 Å². The van der Waals surface area contributed by atoms with Crippen LogP contribution in [0.2, 0.25) is 5.02 Å². The van der Waals surface area contributed by atoms with Gasteiger partial charge in [-0.25, -0.2) is 13.2 Å². The minimum absolute atomic E-state index is 0.0131. The molecule has 168 valence electrons. The van der Waals surface area contributed by atoms with Gasteiger partial charge in [-0.2, -0.15) is 0 Å². The molecule has 0 radical (unpaired) electrons. The van der Waals surface area contributed by atoms with Crippen molar-refractivity contribution in [3.8, 4) is 5.75 Å². The molecule has 9 heteroatoms. The molecule has 2 N–H and O–H groups in total. The quantitative estimate of drug-likeness (QED) is 0.580. The van der Waals surface area contributed by atoms with E-state index >= 15 is 0 Å². The standard InChI is InChI=1S/C22H26ClNO6S/c1-12(2)14-8-16(13(3)4)21(26)17(9-14)22(27)30-11-20(25)24-19-10-15(31(5,28)29)6-7-18(19)23/h6-10,12-13,26H,11H2,1-5H3,(H,24,25). The largest absolute Gasteiger partial charge is 0.507 e. The number of hydrogen-bond donors (Lipinski definition) is 2. The lowest BCUT2D eigenvalue weighted by Gasteiger charge is -2.16. The fourth-order valence-electron chi connectivity index (χ4n) is 2.84. The predicted molar refractivity (Wildman–Crippen MR) is 120 cm³/mol. The van der Waals surface area contributed by atoms with Crippen LogP contribution in [0, 0.1) is 0 Å². The third-order valence-electron chi connectivity index (χ3n) is 4.64. The van der Waals surface area contributed by atoms with Crippen molar-refractivity contribution in [2.75, 3.05) is 18.2 Å². The summed E-state index contributed by atoms with van der Waals surface area (Å²) in [5.41, 5.74) is 1.55. The number of benzene rings is 2. The molecule has 2 aromatic rings. The molecule has 0 saturated carbocycles. The normalized spacial score (nSPS) is 11.6. The van der Waals surface area contributed by atoms with Crippen LogP contribution in [0.15, 0.2) is 35.2 Å². The number of sulfone groups is 1. The summed E-state index contributed by atoms with van der Waals surface area (Å²) in [5.74, 6) is -1.61. The van der Waals surface area contributed by atoms with Gasteiger partial charge in [0.2, 0.25) is 0 Å². The number of ether oxygens (including phenoxy) is 1. The number of nitrogens with one attached hydrogen (secondary N) is 1. The number of aromatic hydroxyl groups is 1. The highest BCUT2D eigenvalue weighted by molar-refractivity contribution is 7.90. The Labute approximate surface area is 187 Å². The number of carbonyl (C=O) groups is 2. The molecule has 0 bridgehead atoms. The van der Waals surface area contributed by atoms with E-state index in [-0.39, 0.29) is 38.8 Å². The number of hydrogen-bond acceptors (Lipinski definition) is 6. The van der Waals surface area contributed by atoms with Crippen LogP contribution in [0.1, 0.15) is 61.0 Å². The highest BCUT2D eigenvalue weighted by Gasteiger charge is 2.21. The van der Waals surface area contributed by atoms with Gasteiger partial charge in [0.1, 0.15) is 11.3 Å². The van der Waals surface area contributed by atoms with Gasteiger partial charge in [-0.05, 0) is 47.2 Å². The summed E-state index contributed by atoms with van der Waals surface area (Å²) in [6.45, 7) is 7.09. The maximum atomic E-state index is 12.6. The summed E-state index contributed by atoms with van der Waals surface area (Å²) in [4.78, 5) is 24.8. The summed E-state index contributed by atoms with van der Waals surface area (Å²) in [5, 5.41) is 13.1. The molecule has 2 aromatic carbocycles. The monoisotopic (exact) mass is 467 g/mol. The topological polar surface area (TPSA) is 110 Å². The van der Waals surface area contributed by atoms with E-state index in [2.05, 4.69) is 5.32 Å². The first-order valence-corrected chi connectivity index (χ1v) is 11.9. The molecule has 0 atom stereocenters. The molecule has 7 nitrogen and oxygen atoms in total. The zero-order valence-electron chi connectivity index (χ0n) is 18.0. The van der Waals surface area contributed by atoms with Crippen molar-refractivity contribution in [3.05, 3.63) is 52.0 Å². The smallest absolute Gasteiger partial charge is 0.342 e. The Kier molecular flexibility index (Phi) is 7.72. The van der Waals surface area contributed by atoms with E-state index in [1.165, 1.54) is 18.2 Å². The first-order valence-electron chi connectivity index (χ1n) is 9.64. The van der Waals surface area contributed by atoms with Gasteiger partial charge in [0.15, 0.2) is 16.4 Å². The molecule has 0 aromatic heterocycles. The molecular formula is C22H26ClNO6S. The molecule has 0 aliphatic heterocycles. The minimum atomic E-state index is -3.49. The second-order valence-electron chi connectivity index (χ2n) is 7.85. The van der Waals surface area contributed by atoms with Crippen molar-refractivity contribution in [2.24, 2.45) is 0 Å². The minimum Gasteiger partial charge on any atom is -0.507 e. The van der Waals surface area contributed by atoms with Crippen molar-refractivity contribution < 1.29 is 27.9 Å². The van der Waals surface area contributed by atoms with Gasteiger partial charge >= 0.3 is 5.97 Å². The Hall–Kier alpha value is -2.58. The molecule has 31 heavy (non-hydrogen) atoms. The molecule has 0 aliphatic rings. The molecule has 0 fully saturated rings. The Morgan fingerprint density at radius 1 is 1.10 bits per heavy atom. The Morgan fingerprint density at radius 2 is 1.74 bits per heavy atom. The third-order valence-corrected chi connectivity index (χ3v) is 6.08. The fraction of sp³-hybridized carbons (Fsp3) is 0.364. The van der Waals surface area contributed by atoms with E-state index in [4.69, 9.17) is 16.3 Å². The van der Waals surface area contributed by atoms with Crippen LogP contribution in [0.4, 0.5) is 5.69 Å². The second kappa shape index (κ2) is 9.70. The average Bonchev–Trinajstić information content (AvgIpc) is 2.66. The summed E-state index contributed by atoms with van der Waals surface area (Å²) < 4.78 is 28.5. The van der Waals surface area contributed by atoms with Crippen LogP contribution in [0.25, 0.3) is 0 Å². The van der Waals surface area contributed by atoms with Gasteiger partial charge in [0.25, 0.3) is 5.91 Å². The van der Waals surface area contributed by atoms with Crippen molar-refractivity contribution in [1.29, 1.82) is 0 Å². The van der Waals surface area contributed by atoms with Gasteiger partial charge in [0, 0.05) is 6.26 Å². The number of phenols is 1. The van der Waals surface area contributed by atoms with Crippen molar-refractivity contribution in [2.45, 2.75) is 44.4 Å². The second-order valence-corrected chi connectivity index (χ2v) is 10.3. The molecule has 1 amide bonds. The van der Waals surface area contributed by atoms with E-state index in [1.807, 2.05) is 33.8 Å². The lowest BCUT2D eigenvalue weighted by Crippen LogP contribution is -2.21. The molecule has 0 saturated heterocycles. The number of rotatable bonds is 7. The lowest BCUT2D eigenvalue weighted by atomic mass is 9.92. The third kappa shape index (κ3) is 6.21. The van der Waals surface area contributed by atoms with E-state index < -0.39 is 28.3 Å². The van der Waals surface area contributed by atoms with Crippen LogP contribution in [0.3, 0.4) is 0 Å². The first-order chi connectivity index (χ1) is 14.3. The highest BCUT2D eigenvalue weighted by atomic mass is 35.5. The Balaban J connectivity index is 2.17. The molecular weight excluding hydrogens is 442 g/mol. The summed E-state index contributed by atoms with van der Waals surface area (Å²) in [7, 11) is -3.49. The lowest BCUT2D eigenvalue weighted by molar-refractivity contribution is -0.119. The van der Waals surface area contributed by atoms with Crippen LogP contribution in [-0.2, 0) is 19.4 Å². The highest BCUT2D eigenvalue weighted by Crippen LogP contribution is 2.33. The van der Waals surface area contributed by atoms with Gasteiger partial charge < -0.3 is 15.2 Å². The first kappa shape index (κ1) is 24.7. The van der Waals surface area contributed by atoms with E-state index in [1.54, 1.807) is 6.07 Å². The Morgan fingerprint density at radius 3 is 2.29 bits per heavy atom. The van der Waals surface area contributed by atoms with E-state index in [0.29, 0.717) is 5.56 Å². The fourth-order valence-corrected chi connectivity index (χ4v) is 3.65. The van der Waals surface area contributed by atoms with E-state index in [0.717, 1.165) is 11.8 Å². The SMILES string of the molecule is CC(C)c1cc(C(=O)OCC(=O)Nc2cc(S(C)(=O)=O)ccc2Cl)c(O)c(C(C)C)c1. The van der Waals surface area contributed by atoms with Crippen molar-refractivity contribution >= 4 is 39.0 Å². The number of anilines is 1. The summed E-state index contributed by atoms with van der Waals surface area (Å²) in [6.07, 6.45) is 1.03.